The molecule has 1 aliphatic rings. The molecule has 1 amide bonds. The first-order valence-corrected chi connectivity index (χ1v) is 9.86. The lowest BCUT2D eigenvalue weighted by molar-refractivity contribution is -0.116. The number of ether oxygens (including phenoxy) is 2. The Kier molecular flexibility index (Phi) is 5.00. The van der Waals surface area contributed by atoms with Crippen LogP contribution in [0.15, 0.2) is 35.7 Å². The van der Waals surface area contributed by atoms with Gasteiger partial charge in [0.2, 0.25) is 5.91 Å². The number of thiazole rings is 1. The van der Waals surface area contributed by atoms with Crippen LogP contribution in [0.4, 0.5) is 10.1 Å². The Morgan fingerprint density at radius 2 is 2.07 bits per heavy atom. The highest BCUT2D eigenvalue weighted by Crippen LogP contribution is 2.37. The van der Waals surface area contributed by atoms with Crippen molar-refractivity contribution in [1.82, 2.24) is 4.98 Å². The van der Waals surface area contributed by atoms with Crippen LogP contribution in [0.1, 0.15) is 18.9 Å². The third kappa shape index (κ3) is 3.45. The second-order valence-electron chi connectivity index (χ2n) is 6.37. The fraction of sp³-hybridized carbons (Fsp3) is 0.238. The predicted octanol–water partition coefficient (Wildman–Crippen LogP) is 4.91. The van der Waals surface area contributed by atoms with Gasteiger partial charge < -0.3 is 14.8 Å². The maximum absolute atomic E-state index is 14.6. The molecule has 3 aromatic rings. The van der Waals surface area contributed by atoms with Gasteiger partial charge in [0, 0.05) is 28.6 Å². The highest BCUT2D eigenvalue weighted by atomic mass is 32.1. The largest absolute Gasteiger partial charge is 0.493 e. The van der Waals surface area contributed by atoms with E-state index in [4.69, 9.17) is 9.47 Å². The van der Waals surface area contributed by atoms with Crippen LogP contribution in [0, 0.1) is 5.82 Å². The molecule has 0 radical (unpaired) electrons. The van der Waals surface area contributed by atoms with E-state index in [0.29, 0.717) is 47.9 Å². The number of hydrogen-bond donors (Lipinski definition) is 1. The van der Waals surface area contributed by atoms with Gasteiger partial charge in [0.1, 0.15) is 10.8 Å². The monoisotopic (exact) mass is 398 g/mol. The van der Waals surface area contributed by atoms with Gasteiger partial charge in [-0.25, -0.2) is 9.37 Å². The lowest BCUT2D eigenvalue weighted by Crippen LogP contribution is -2.19. The van der Waals surface area contributed by atoms with Crippen LogP contribution in [-0.2, 0) is 11.2 Å². The molecule has 28 heavy (non-hydrogen) atoms. The van der Waals surface area contributed by atoms with Gasteiger partial charge >= 0.3 is 0 Å². The smallest absolute Gasteiger partial charge is 0.224 e. The third-order valence-electron chi connectivity index (χ3n) is 4.58. The van der Waals surface area contributed by atoms with Gasteiger partial charge in [-0.1, -0.05) is 0 Å². The molecule has 0 spiro atoms. The lowest BCUT2D eigenvalue weighted by Gasteiger charge is -2.17. The summed E-state index contributed by atoms with van der Waals surface area (Å²) in [5, 5.41) is 5.32. The number of benzene rings is 2. The van der Waals surface area contributed by atoms with Crippen LogP contribution in [0.3, 0.4) is 0 Å². The Balaban J connectivity index is 1.68. The maximum Gasteiger partial charge on any atom is 0.224 e. The van der Waals surface area contributed by atoms with Gasteiger partial charge in [0.15, 0.2) is 11.5 Å². The molecule has 0 bridgehead atoms. The number of anilines is 1. The first-order chi connectivity index (χ1) is 13.6. The van der Waals surface area contributed by atoms with Crippen molar-refractivity contribution < 1.29 is 18.7 Å². The molecule has 1 aromatic heterocycles. The molecule has 1 N–H and O–H groups in total. The SMILES string of the molecule is CCOc1ccc(-c2nc(-c3cc4c(cc3F)NC(=O)CC4)cs2)cc1OC. The minimum Gasteiger partial charge on any atom is -0.493 e. The van der Waals surface area contributed by atoms with Gasteiger partial charge in [-0.3, -0.25) is 4.79 Å². The Labute approximate surface area is 166 Å². The standard InChI is InChI=1S/C21H19FN2O3S/c1-3-27-18-6-4-13(9-19(18)26-2)21-24-17(11-28-21)14-8-12-5-7-20(25)23-16(12)10-15(14)22/h4,6,8-11H,3,5,7H2,1-2H3,(H,23,25). The normalized spacial score (nSPS) is 13.0. The number of nitrogens with zero attached hydrogens (tertiary/aromatic N) is 1. The minimum absolute atomic E-state index is 0.0833. The number of aryl methyl sites for hydroxylation is 1. The van der Waals surface area contributed by atoms with Crippen LogP contribution < -0.4 is 14.8 Å². The Bertz CT molecular complexity index is 1050. The highest BCUT2D eigenvalue weighted by Gasteiger charge is 2.20. The van der Waals surface area contributed by atoms with Crippen molar-refractivity contribution in [2.75, 3.05) is 19.0 Å². The van der Waals surface area contributed by atoms with E-state index in [2.05, 4.69) is 10.3 Å². The summed E-state index contributed by atoms with van der Waals surface area (Å²) in [4.78, 5) is 16.1. The molecule has 0 fully saturated rings. The van der Waals surface area contributed by atoms with E-state index in [-0.39, 0.29) is 5.91 Å². The average molecular weight is 398 g/mol. The quantitative estimate of drug-likeness (QED) is 0.664. The number of fused-ring (bicyclic) bond motifs is 1. The van der Waals surface area contributed by atoms with Crippen molar-refractivity contribution in [1.29, 1.82) is 0 Å². The van der Waals surface area contributed by atoms with E-state index in [1.165, 1.54) is 17.4 Å². The van der Waals surface area contributed by atoms with Gasteiger partial charge in [-0.2, -0.15) is 0 Å². The summed E-state index contributed by atoms with van der Waals surface area (Å²) in [6, 6.07) is 8.78. The van der Waals surface area contributed by atoms with Crippen molar-refractivity contribution >= 4 is 22.9 Å². The molecule has 0 aliphatic carbocycles. The topological polar surface area (TPSA) is 60.5 Å². The van der Waals surface area contributed by atoms with Crippen LogP contribution in [-0.4, -0.2) is 24.6 Å². The number of halogens is 1. The third-order valence-corrected chi connectivity index (χ3v) is 5.47. The Morgan fingerprint density at radius 3 is 2.86 bits per heavy atom. The summed E-state index contributed by atoms with van der Waals surface area (Å²) >= 11 is 1.44. The number of hydrogen-bond acceptors (Lipinski definition) is 5. The van der Waals surface area contributed by atoms with Gasteiger partial charge in [0.05, 0.1) is 19.4 Å². The number of carbonyl (C=O) groups excluding carboxylic acids is 1. The molecule has 144 valence electrons. The molecule has 5 nitrogen and oxygen atoms in total. The van der Waals surface area contributed by atoms with E-state index < -0.39 is 5.82 Å². The second-order valence-corrected chi connectivity index (χ2v) is 7.23. The highest BCUT2D eigenvalue weighted by molar-refractivity contribution is 7.13. The number of rotatable bonds is 5. The molecule has 0 saturated heterocycles. The van der Waals surface area contributed by atoms with E-state index in [0.717, 1.165) is 16.1 Å². The summed E-state index contributed by atoms with van der Waals surface area (Å²) in [7, 11) is 1.59. The molecule has 2 heterocycles. The number of methoxy groups -OCH3 is 1. The molecule has 0 atom stereocenters. The molecule has 1 aliphatic heterocycles. The summed E-state index contributed by atoms with van der Waals surface area (Å²) < 4.78 is 25.6. The van der Waals surface area contributed by atoms with E-state index in [1.54, 1.807) is 13.2 Å². The van der Waals surface area contributed by atoms with Crippen LogP contribution >= 0.6 is 11.3 Å². The lowest BCUT2D eigenvalue weighted by atomic mass is 9.99. The zero-order valence-electron chi connectivity index (χ0n) is 15.5. The predicted molar refractivity (Wildman–Crippen MR) is 108 cm³/mol. The summed E-state index contributed by atoms with van der Waals surface area (Å²) in [6.45, 7) is 2.47. The summed E-state index contributed by atoms with van der Waals surface area (Å²) in [5.74, 6) is 0.822. The van der Waals surface area contributed by atoms with Crippen molar-refractivity contribution in [3.63, 3.8) is 0 Å². The minimum atomic E-state index is -0.401. The molecular formula is C21H19FN2O3S. The van der Waals surface area contributed by atoms with Crippen LogP contribution in [0.5, 0.6) is 11.5 Å². The zero-order valence-corrected chi connectivity index (χ0v) is 16.4. The number of carbonyl (C=O) groups is 1. The van der Waals surface area contributed by atoms with Gasteiger partial charge in [0.25, 0.3) is 0 Å². The van der Waals surface area contributed by atoms with Crippen molar-refractivity contribution in [3.8, 4) is 33.3 Å². The number of amides is 1. The first kappa shape index (κ1) is 18.4. The molecular weight excluding hydrogens is 379 g/mol. The maximum atomic E-state index is 14.6. The summed E-state index contributed by atoms with van der Waals surface area (Å²) in [6.07, 6.45) is 1.01. The van der Waals surface area contributed by atoms with Crippen molar-refractivity contribution in [2.45, 2.75) is 19.8 Å². The zero-order chi connectivity index (χ0) is 19.7. The van der Waals surface area contributed by atoms with E-state index >= 15 is 0 Å². The number of nitrogens with one attached hydrogen (secondary N) is 1. The van der Waals surface area contributed by atoms with E-state index in [9.17, 15) is 9.18 Å². The fourth-order valence-electron chi connectivity index (χ4n) is 3.20. The van der Waals surface area contributed by atoms with Crippen LogP contribution in [0.2, 0.25) is 0 Å². The summed E-state index contributed by atoms with van der Waals surface area (Å²) in [5.41, 5.74) is 3.36. The first-order valence-electron chi connectivity index (χ1n) is 8.98. The van der Waals surface area contributed by atoms with Crippen LogP contribution in [0.25, 0.3) is 21.8 Å². The average Bonchev–Trinajstić information content (AvgIpc) is 3.18. The van der Waals surface area contributed by atoms with Gasteiger partial charge in [-0.05, 0) is 49.2 Å². The fourth-order valence-corrected chi connectivity index (χ4v) is 4.02. The molecule has 4 rings (SSSR count). The Hall–Kier alpha value is -2.93. The molecule has 7 heteroatoms. The van der Waals surface area contributed by atoms with E-state index in [1.807, 2.05) is 30.5 Å². The second kappa shape index (κ2) is 7.59. The van der Waals surface area contributed by atoms with Crippen molar-refractivity contribution in [2.24, 2.45) is 0 Å². The molecule has 0 saturated carbocycles. The van der Waals surface area contributed by atoms with Gasteiger partial charge in [-0.15, -0.1) is 11.3 Å². The molecule has 0 unspecified atom stereocenters. The Morgan fingerprint density at radius 1 is 1.21 bits per heavy atom. The van der Waals surface area contributed by atoms with Crippen molar-refractivity contribution in [3.05, 3.63) is 47.1 Å². The molecule has 2 aromatic carbocycles. The number of aromatic nitrogens is 1.